The van der Waals surface area contributed by atoms with Crippen LogP contribution in [0.1, 0.15) is 47.0 Å². The van der Waals surface area contributed by atoms with Crippen LogP contribution in [-0.2, 0) is 19.1 Å². The van der Waals surface area contributed by atoms with E-state index in [1.54, 1.807) is 0 Å². The Labute approximate surface area is 132 Å². The van der Waals surface area contributed by atoms with Crippen LogP contribution in [0.5, 0.6) is 0 Å². The minimum Gasteiger partial charge on any atom is -0.466 e. The van der Waals surface area contributed by atoms with E-state index in [0.29, 0.717) is 11.8 Å². The molecular formula is C18H26O4. The van der Waals surface area contributed by atoms with Crippen molar-refractivity contribution in [1.82, 2.24) is 0 Å². The highest BCUT2D eigenvalue weighted by molar-refractivity contribution is 5.90. The molecule has 0 heterocycles. The van der Waals surface area contributed by atoms with E-state index in [1.807, 2.05) is 0 Å². The predicted octanol–water partition coefficient (Wildman–Crippen LogP) is 3.11. The molecule has 1 spiro atoms. The van der Waals surface area contributed by atoms with E-state index in [0.717, 1.165) is 24.8 Å². The number of rotatable bonds is 2. The van der Waals surface area contributed by atoms with Crippen LogP contribution < -0.4 is 0 Å². The Hall–Kier alpha value is -1.32. The van der Waals surface area contributed by atoms with Crippen molar-refractivity contribution in [2.24, 2.45) is 28.6 Å². The molecule has 1 unspecified atom stereocenters. The lowest BCUT2D eigenvalue weighted by Gasteiger charge is -2.46. The summed E-state index contributed by atoms with van der Waals surface area (Å²) in [5.41, 5.74) is 0.522. The van der Waals surface area contributed by atoms with E-state index in [9.17, 15) is 9.59 Å². The standard InChI is InChI=1S/C18H26O4/c1-10-8-15(22-12(3)19)18-11(2)13(16(20)21-5)9-17(18,4)7-6-14(10)18/h9-11,14-15H,6-8H2,1-5H3/t10-,11+,14+,15-,17+,18?/m0/s1. The quantitative estimate of drug-likeness (QED) is 0.736. The lowest BCUT2D eigenvalue weighted by Crippen LogP contribution is -2.47. The molecule has 4 heteroatoms. The van der Waals surface area contributed by atoms with Gasteiger partial charge in [-0.3, -0.25) is 4.79 Å². The smallest absolute Gasteiger partial charge is 0.333 e. The summed E-state index contributed by atoms with van der Waals surface area (Å²) in [7, 11) is 1.43. The molecule has 3 aliphatic rings. The first-order valence-electron chi connectivity index (χ1n) is 8.26. The van der Waals surface area contributed by atoms with Gasteiger partial charge in [0.2, 0.25) is 0 Å². The molecule has 4 nitrogen and oxygen atoms in total. The minimum atomic E-state index is -0.239. The van der Waals surface area contributed by atoms with Crippen molar-refractivity contribution in [3.8, 4) is 0 Å². The summed E-state index contributed by atoms with van der Waals surface area (Å²) < 4.78 is 10.8. The fraction of sp³-hybridized carbons (Fsp3) is 0.778. The molecule has 2 fully saturated rings. The molecular weight excluding hydrogens is 280 g/mol. The lowest BCUT2D eigenvalue weighted by atomic mass is 9.60. The van der Waals surface area contributed by atoms with Crippen molar-refractivity contribution in [2.75, 3.05) is 7.11 Å². The zero-order valence-electron chi connectivity index (χ0n) is 14.1. The van der Waals surface area contributed by atoms with E-state index in [2.05, 4.69) is 26.8 Å². The molecule has 0 aromatic carbocycles. The zero-order chi connectivity index (χ0) is 16.3. The van der Waals surface area contributed by atoms with Gasteiger partial charge in [0.05, 0.1) is 7.11 Å². The van der Waals surface area contributed by atoms with Crippen LogP contribution in [-0.4, -0.2) is 25.2 Å². The summed E-state index contributed by atoms with van der Waals surface area (Å²) in [5, 5.41) is 0. The number of methoxy groups -OCH3 is 1. The Morgan fingerprint density at radius 2 is 2.00 bits per heavy atom. The number of allylic oxidation sites excluding steroid dienone is 1. The van der Waals surface area contributed by atoms with Crippen molar-refractivity contribution in [3.63, 3.8) is 0 Å². The summed E-state index contributed by atoms with van der Waals surface area (Å²) in [6.45, 7) is 8.08. The van der Waals surface area contributed by atoms with Crippen molar-refractivity contribution < 1.29 is 19.1 Å². The summed E-state index contributed by atoms with van der Waals surface area (Å²) in [6, 6.07) is 0. The van der Waals surface area contributed by atoms with Crippen molar-refractivity contribution in [3.05, 3.63) is 11.6 Å². The molecule has 22 heavy (non-hydrogen) atoms. The minimum absolute atomic E-state index is 0.0618. The Morgan fingerprint density at radius 3 is 2.59 bits per heavy atom. The van der Waals surface area contributed by atoms with Crippen molar-refractivity contribution >= 4 is 11.9 Å². The molecule has 3 rings (SSSR count). The maximum absolute atomic E-state index is 12.2. The third-order valence-electron chi connectivity index (χ3n) is 6.77. The third-order valence-corrected chi connectivity index (χ3v) is 6.77. The van der Waals surface area contributed by atoms with Gasteiger partial charge in [-0.05, 0) is 42.4 Å². The van der Waals surface area contributed by atoms with E-state index in [4.69, 9.17) is 9.47 Å². The average Bonchev–Trinajstić information content (AvgIpc) is 2.97. The Bertz CT molecular complexity index is 551. The van der Waals surface area contributed by atoms with Gasteiger partial charge in [0.15, 0.2) is 0 Å². The van der Waals surface area contributed by atoms with Crippen LogP contribution in [0, 0.1) is 28.6 Å². The molecule has 3 aliphatic carbocycles. The second-order valence-electron chi connectivity index (χ2n) is 7.62. The molecule has 0 bridgehead atoms. The number of hydrogen-bond acceptors (Lipinski definition) is 4. The molecule has 122 valence electrons. The Morgan fingerprint density at radius 1 is 1.32 bits per heavy atom. The first-order chi connectivity index (χ1) is 10.3. The summed E-state index contributed by atoms with van der Waals surface area (Å²) >= 11 is 0. The number of esters is 2. The van der Waals surface area contributed by atoms with Crippen LogP contribution in [0.15, 0.2) is 11.6 Å². The van der Waals surface area contributed by atoms with E-state index in [-0.39, 0.29) is 34.8 Å². The van der Waals surface area contributed by atoms with Gasteiger partial charge in [0.1, 0.15) is 6.10 Å². The largest absolute Gasteiger partial charge is 0.466 e. The fourth-order valence-corrected chi connectivity index (χ4v) is 6.11. The number of carbonyl (C=O) groups excluding carboxylic acids is 2. The first-order valence-corrected chi connectivity index (χ1v) is 8.26. The number of carbonyl (C=O) groups is 2. The molecule has 0 radical (unpaired) electrons. The second-order valence-corrected chi connectivity index (χ2v) is 7.62. The average molecular weight is 306 g/mol. The first kappa shape index (κ1) is 15.6. The van der Waals surface area contributed by atoms with Crippen LogP contribution >= 0.6 is 0 Å². The SMILES string of the molecule is COC(=O)C1=C[C@@]2(C)CC[C@@H]3[C@@H](C)C[C@H](OC(C)=O)C32[C@@H]1C. The normalized spacial score (nSPS) is 46.0. The number of hydrogen-bond donors (Lipinski definition) is 0. The van der Waals surface area contributed by atoms with Crippen LogP contribution in [0.2, 0.25) is 0 Å². The zero-order valence-corrected chi connectivity index (χ0v) is 14.1. The maximum atomic E-state index is 12.2. The highest BCUT2D eigenvalue weighted by Gasteiger charge is 2.72. The highest BCUT2D eigenvalue weighted by atomic mass is 16.5. The second kappa shape index (κ2) is 4.84. The van der Waals surface area contributed by atoms with Crippen LogP contribution in [0.4, 0.5) is 0 Å². The highest BCUT2D eigenvalue weighted by Crippen LogP contribution is 2.73. The third kappa shape index (κ3) is 1.70. The van der Waals surface area contributed by atoms with Gasteiger partial charge >= 0.3 is 11.9 Å². The van der Waals surface area contributed by atoms with Gasteiger partial charge in [-0.1, -0.05) is 26.8 Å². The molecule has 6 atom stereocenters. The molecule has 0 aromatic heterocycles. The van der Waals surface area contributed by atoms with Crippen molar-refractivity contribution in [2.45, 2.75) is 53.1 Å². The van der Waals surface area contributed by atoms with E-state index >= 15 is 0 Å². The van der Waals surface area contributed by atoms with Gasteiger partial charge < -0.3 is 9.47 Å². The predicted molar refractivity (Wildman–Crippen MR) is 81.9 cm³/mol. The summed E-state index contributed by atoms with van der Waals surface area (Å²) in [5.74, 6) is 0.610. The van der Waals surface area contributed by atoms with Gasteiger partial charge in [0.25, 0.3) is 0 Å². The molecule has 0 N–H and O–H groups in total. The Kier molecular flexibility index (Phi) is 3.42. The Balaban J connectivity index is 2.09. The van der Waals surface area contributed by atoms with Crippen LogP contribution in [0.25, 0.3) is 0 Å². The fourth-order valence-electron chi connectivity index (χ4n) is 6.11. The van der Waals surface area contributed by atoms with Gasteiger partial charge in [-0.25, -0.2) is 4.79 Å². The monoisotopic (exact) mass is 306 g/mol. The van der Waals surface area contributed by atoms with Gasteiger partial charge in [0, 0.05) is 17.9 Å². The lowest BCUT2D eigenvalue weighted by molar-refractivity contribution is -0.158. The summed E-state index contributed by atoms with van der Waals surface area (Å²) in [4.78, 5) is 23.8. The maximum Gasteiger partial charge on any atom is 0.333 e. The topological polar surface area (TPSA) is 52.6 Å². The summed E-state index contributed by atoms with van der Waals surface area (Å²) in [6.07, 6.45) is 5.10. The molecule has 2 saturated carbocycles. The molecule has 0 amide bonds. The van der Waals surface area contributed by atoms with Crippen LogP contribution in [0.3, 0.4) is 0 Å². The molecule has 0 aromatic rings. The number of ether oxygens (including phenoxy) is 2. The van der Waals surface area contributed by atoms with Crippen molar-refractivity contribution in [1.29, 1.82) is 0 Å². The van der Waals surface area contributed by atoms with Gasteiger partial charge in [-0.15, -0.1) is 0 Å². The van der Waals surface area contributed by atoms with E-state index < -0.39 is 0 Å². The molecule has 0 aliphatic heterocycles. The van der Waals surface area contributed by atoms with E-state index in [1.165, 1.54) is 14.0 Å². The molecule has 0 saturated heterocycles. The van der Waals surface area contributed by atoms with Gasteiger partial charge in [-0.2, -0.15) is 0 Å².